The van der Waals surface area contributed by atoms with Gasteiger partial charge in [-0.25, -0.2) is 9.99 Å². The van der Waals surface area contributed by atoms with Gasteiger partial charge in [-0.05, 0) is 38.0 Å². The molecule has 2 fully saturated rings. The summed E-state index contributed by atoms with van der Waals surface area (Å²) in [5, 5.41) is 2.07. The molecule has 3 heterocycles. The van der Waals surface area contributed by atoms with Crippen LogP contribution in [0.15, 0.2) is 28.9 Å². The Bertz CT molecular complexity index is 792. The molecule has 2 atom stereocenters. The highest BCUT2D eigenvalue weighted by Crippen LogP contribution is 2.35. The first-order valence-corrected chi connectivity index (χ1v) is 8.66. The van der Waals surface area contributed by atoms with Crippen LogP contribution in [-0.2, 0) is 0 Å². The number of alkyl halides is 3. The number of nitrogens with one attached hydrogen (secondary N) is 1. The van der Waals surface area contributed by atoms with Gasteiger partial charge in [0, 0.05) is 36.4 Å². The molecule has 0 spiro atoms. The highest BCUT2D eigenvalue weighted by atomic mass is 19.4. The Labute approximate surface area is 149 Å². The maximum absolute atomic E-state index is 12.6. The number of oxazole rings is 1. The van der Waals surface area contributed by atoms with E-state index >= 15 is 0 Å². The van der Waals surface area contributed by atoms with Gasteiger partial charge in [0.25, 0.3) is 0 Å². The number of fused-ring (bicyclic) bond motifs is 2. The maximum atomic E-state index is 12.6. The summed E-state index contributed by atoms with van der Waals surface area (Å²) in [6.45, 7) is 3.90. The molecule has 0 amide bonds. The number of hydrogen-bond acceptors (Lipinski definition) is 5. The third-order valence-electron chi connectivity index (χ3n) is 5.02. The van der Waals surface area contributed by atoms with Crippen LogP contribution in [0.2, 0.25) is 0 Å². The molecule has 2 aliphatic rings. The minimum atomic E-state index is -4.14. The molecular formula is C18H21F3N4O. The number of likely N-dealkylation sites (tertiary alicyclic amines) is 1. The zero-order chi connectivity index (χ0) is 18.5. The molecule has 0 radical (unpaired) electrons. The molecule has 2 aliphatic heterocycles. The normalized spacial score (nSPS) is 23.7. The number of rotatable bonds is 4. The van der Waals surface area contributed by atoms with Crippen LogP contribution in [0.25, 0.3) is 11.5 Å². The summed E-state index contributed by atoms with van der Waals surface area (Å²) in [7, 11) is 0. The summed E-state index contributed by atoms with van der Waals surface area (Å²) >= 11 is 0. The second-order valence-corrected chi connectivity index (χ2v) is 7.20. The number of halogens is 3. The van der Waals surface area contributed by atoms with Crippen molar-refractivity contribution in [3.05, 3.63) is 35.7 Å². The number of piperidine rings is 1. The summed E-state index contributed by atoms with van der Waals surface area (Å²) in [5.74, 6) is 0.573. The monoisotopic (exact) mass is 366 g/mol. The zero-order valence-corrected chi connectivity index (χ0v) is 14.7. The molecule has 26 heavy (non-hydrogen) atoms. The van der Waals surface area contributed by atoms with Crippen molar-refractivity contribution in [2.45, 2.75) is 38.5 Å². The van der Waals surface area contributed by atoms with Gasteiger partial charge >= 0.3 is 6.18 Å². The Morgan fingerprint density at radius 1 is 1.23 bits per heavy atom. The minimum Gasteiger partial charge on any atom is -0.444 e. The van der Waals surface area contributed by atoms with Crippen molar-refractivity contribution in [2.75, 3.05) is 25.1 Å². The third kappa shape index (κ3) is 3.43. The molecular weight excluding hydrogens is 345 g/mol. The van der Waals surface area contributed by atoms with E-state index in [1.165, 1.54) is 4.90 Å². The van der Waals surface area contributed by atoms with E-state index in [0.29, 0.717) is 19.0 Å². The smallest absolute Gasteiger partial charge is 0.401 e. The van der Waals surface area contributed by atoms with Crippen LogP contribution >= 0.6 is 0 Å². The van der Waals surface area contributed by atoms with Gasteiger partial charge in [0.05, 0.1) is 12.2 Å². The average Bonchev–Trinajstić information content (AvgIpc) is 2.98. The second kappa shape index (κ2) is 6.28. The number of hydrazine groups is 1. The van der Waals surface area contributed by atoms with Crippen molar-refractivity contribution in [3.8, 4) is 11.5 Å². The van der Waals surface area contributed by atoms with Crippen LogP contribution in [0.3, 0.4) is 0 Å². The van der Waals surface area contributed by atoms with Crippen LogP contribution in [0.1, 0.15) is 17.7 Å². The van der Waals surface area contributed by atoms with Crippen molar-refractivity contribution in [1.29, 1.82) is 0 Å². The van der Waals surface area contributed by atoms with E-state index in [1.807, 2.05) is 32.0 Å². The molecule has 2 saturated heterocycles. The first-order valence-electron chi connectivity index (χ1n) is 8.66. The van der Waals surface area contributed by atoms with Gasteiger partial charge in [-0.3, -0.25) is 4.90 Å². The lowest BCUT2D eigenvalue weighted by atomic mass is 9.89. The van der Waals surface area contributed by atoms with Crippen LogP contribution in [0.5, 0.6) is 0 Å². The first-order chi connectivity index (χ1) is 12.3. The Morgan fingerprint density at radius 3 is 2.58 bits per heavy atom. The van der Waals surface area contributed by atoms with Crippen molar-refractivity contribution < 1.29 is 17.6 Å². The molecule has 1 aromatic heterocycles. The number of anilines is 1. The summed E-state index contributed by atoms with van der Waals surface area (Å²) in [6, 6.07) is 6.13. The van der Waals surface area contributed by atoms with E-state index < -0.39 is 12.7 Å². The molecule has 5 nitrogen and oxygen atoms in total. The minimum absolute atomic E-state index is 0.102. The zero-order valence-electron chi connectivity index (χ0n) is 14.7. The molecule has 2 bridgehead atoms. The van der Waals surface area contributed by atoms with Crippen molar-refractivity contribution >= 4 is 5.69 Å². The molecule has 2 unspecified atom stereocenters. The summed E-state index contributed by atoms with van der Waals surface area (Å²) in [6.07, 6.45) is -1.59. The van der Waals surface area contributed by atoms with Gasteiger partial charge < -0.3 is 9.84 Å². The molecule has 140 valence electrons. The fourth-order valence-electron chi connectivity index (χ4n) is 3.81. The van der Waals surface area contributed by atoms with Crippen LogP contribution < -0.4 is 5.43 Å². The Hall–Kier alpha value is -2.06. The third-order valence-corrected chi connectivity index (χ3v) is 5.02. The number of nitrogens with zero attached hydrogens (tertiary/aromatic N) is 3. The molecule has 8 heteroatoms. The van der Waals surface area contributed by atoms with Gasteiger partial charge in [0.2, 0.25) is 5.89 Å². The molecule has 0 aliphatic carbocycles. The highest BCUT2D eigenvalue weighted by molar-refractivity contribution is 5.65. The fourth-order valence-corrected chi connectivity index (χ4v) is 3.81. The van der Waals surface area contributed by atoms with E-state index in [4.69, 9.17) is 4.42 Å². The van der Waals surface area contributed by atoms with Crippen molar-refractivity contribution in [2.24, 2.45) is 0 Å². The van der Waals surface area contributed by atoms with Crippen molar-refractivity contribution in [1.82, 2.24) is 14.9 Å². The maximum Gasteiger partial charge on any atom is 0.401 e. The van der Waals surface area contributed by atoms with Gasteiger partial charge in [0.15, 0.2) is 0 Å². The van der Waals surface area contributed by atoms with Crippen LogP contribution in [0.4, 0.5) is 18.9 Å². The quantitative estimate of drug-likeness (QED) is 0.896. The number of aromatic nitrogens is 1. The van der Waals surface area contributed by atoms with Crippen LogP contribution in [-0.4, -0.2) is 52.8 Å². The molecule has 4 rings (SSSR count). The van der Waals surface area contributed by atoms with E-state index in [9.17, 15) is 13.2 Å². The number of hydrogen-bond donors (Lipinski definition) is 1. The van der Waals surface area contributed by atoms with E-state index in [-0.39, 0.29) is 12.1 Å². The predicted octanol–water partition coefficient (Wildman–Crippen LogP) is 3.61. The standard InChI is InChI=1S/C18H21F3N4O/c1-11-3-4-13(5-16(11)17-22-12(2)9-26-17)23-25-14-6-15(25)8-24(7-14)10-18(19,20)21/h3-5,9,14-15,23H,6-8,10H2,1-2H3. The van der Waals surface area contributed by atoms with Gasteiger partial charge in [-0.15, -0.1) is 0 Å². The Balaban J connectivity index is 1.45. The number of benzene rings is 1. The topological polar surface area (TPSA) is 44.5 Å². The summed E-state index contributed by atoms with van der Waals surface area (Å²) in [4.78, 5) is 5.87. The SMILES string of the molecule is Cc1coc(-c2cc(NN3C4CC3CN(CC(F)(F)F)C4)ccc2C)n1. The molecule has 1 N–H and O–H groups in total. The molecule has 1 aromatic carbocycles. The summed E-state index contributed by atoms with van der Waals surface area (Å²) < 4.78 is 43.3. The van der Waals surface area contributed by atoms with Crippen LogP contribution in [0, 0.1) is 13.8 Å². The average molecular weight is 366 g/mol. The lowest BCUT2D eigenvalue weighted by Gasteiger charge is -2.56. The lowest BCUT2D eigenvalue weighted by Crippen LogP contribution is -2.70. The van der Waals surface area contributed by atoms with Crippen molar-refractivity contribution in [3.63, 3.8) is 0 Å². The lowest BCUT2D eigenvalue weighted by molar-refractivity contribution is -0.164. The number of aryl methyl sites for hydroxylation is 2. The van der Waals surface area contributed by atoms with E-state index in [2.05, 4.69) is 15.4 Å². The number of piperazine rings is 1. The predicted molar refractivity (Wildman–Crippen MR) is 91.6 cm³/mol. The summed E-state index contributed by atoms with van der Waals surface area (Å²) in [5.41, 5.74) is 7.04. The highest BCUT2D eigenvalue weighted by Gasteiger charge is 2.47. The first kappa shape index (κ1) is 17.4. The van der Waals surface area contributed by atoms with Gasteiger partial charge in [0.1, 0.15) is 6.26 Å². The Kier molecular flexibility index (Phi) is 4.19. The molecule has 0 saturated carbocycles. The molecule has 2 aromatic rings. The fraction of sp³-hybridized carbons (Fsp3) is 0.500. The largest absolute Gasteiger partial charge is 0.444 e. The van der Waals surface area contributed by atoms with E-state index in [1.54, 1.807) is 6.26 Å². The Morgan fingerprint density at radius 2 is 1.96 bits per heavy atom. The van der Waals surface area contributed by atoms with E-state index in [0.717, 1.165) is 28.9 Å². The second-order valence-electron chi connectivity index (χ2n) is 7.20. The van der Waals surface area contributed by atoms with Gasteiger partial charge in [-0.1, -0.05) is 6.07 Å². The van der Waals surface area contributed by atoms with Gasteiger partial charge in [-0.2, -0.15) is 13.2 Å².